The number of fused-ring (bicyclic) bond motifs is 1. The van der Waals surface area contributed by atoms with Gasteiger partial charge in [-0.3, -0.25) is 0 Å². The van der Waals surface area contributed by atoms with E-state index in [1.165, 1.54) is 5.56 Å². The second-order valence-corrected chi connectivity index (χ2v) is 6.85. The van der Waals surface area contributed by atoms with Crippen molar-refractivity contribution in [2.24, 2.45) is 11.7 Å². The summed E-state index contributed by atoms with van der Waals surface area (Å²) in [6.45, 7) is 0. The summed E-state index contributed by atoms with van der Waals surface area (Å²) < 4.78 is 10.7. The van der Waals surface area contributed by atoms with Crippen molar-refractivity contribution in [3.63, 3.8) is 0 Å². The number of methoxy groups -OCH3 is 2. The van der Waals surface area contributed by atoms with Crippen LogP contribution in [0.15, 0.2) is 18.2 Å². The number of hydrogen-bond donors (Lipinski definition) is 2. The van der Waals surface area contributed by atoms with Crippen LogP contribution in [0.3, 0.4) is 0 Å². The van der Waals surface area contributed by atoms with Gasteiger partial charge < -0.3 is 25.4 Å². The molecule has 1 saturated heterocycles. The number of carbonyl (C=O) groups is 1. The van der Waals surface area contributed by atoms with Gasteiger partial charge in [0, 0.05) is 25.2 Å². The molecule has 3 N–H and O–H groups in total. The molecule has 1 aliphatic heterocycles. The first-order chi connectivity index (χ1) is 11.5. The van der Waals surface area contributed by atoms with Crippen LogP contribution in [0.1, 0.15) is 37.3 Å². The van der Waals surface area contributed by atoms with Crippen molar-refractivity contribution in [1.29, 1.82) is 0 Å². The van der Waals surface area contributed by atoms with Crippen LogP contribution < -0.4 is 20.5 Å². The van der Waals surface area contributed by atoms with Gasteiger partial charge in [-0.25, -0.2) is 4.79 Å². The molecule has 132 valence electrons. The zero-order valence-electron chi connectivity index (χ0n) is 14.6. The maximum absolute atomic E-state index is 11.4. The molecule has 0 aromatic heterocycles. The van der Waals surface area contributed by atoms with Crippen molar-refractivity contribution in [3.05, 3.63) is 23.8 Å². The number of benzene rings is 1. The fraction of sp³-hybridized carbons (Fsp3) is 0.611. The first-order valence-corrected chi connectivity index (χ1v) is 8.53. The van der Waals surface area contributed by atoms with Crippen LogP contribution in [0.2, 0.25) is 0 Å². The van der Waals surface area contributed by atoms with Crippen LogP contribution in [-0.4, -0.2) is 44.3 Å². The lowest BCUT2D eigenvalue weighted by atomic mass is 9.81. The summed E-state index contributed by atoms with van der Waals surface area (Å²) >= 11 is 0. The number of primary amides is 1. The van der Waals surface area contributed by atoms with Gasteiger partial charge in [-0.1, -0.05) is 6.07 Å². The minimum Gasteiger partial charge on any atom is -0.493 e. The Balaban J connectivity index is 1.70. The van der Waals surface area contributed by atoms with E-state index in [0.717, 1.165) is 37.2 Å². The quantitative estimate of drug-likeness (QED) is 0.886. The molecule has 1 heterocycles. The first-order valence-electron chi connectivity index (χ1n) is 8.53. The predicted molar refractivity (Wildman–Crippen MR) is 92.3 cm³/mol. The second-order valence-electron chi connectivity index (χ2n) is 6.85. The van der Waals surface area contributed by atoms with E-state index in [1.807, 2.05) is 6.07 Å². The van der Waals surface area contributed by atoms with Crippen LogP contribution in [0.25, 0.3) is 0 Å². The van der Waals surface area contributed by atoms with Gasteiger partial charge in [0.05, 0.1) is 14.2 Å². The smallest absolute Gasteiger partial charge is 0.314 e. The maximum Gasteiger partial charge on any atom is 0.314 e. The average molecular weight is 333 g/mol. The summed E-state index contributed by atoms with van der Waals surface area (Å²) in [4.78, 5) is 13.1. The van der Waals surface area contributed by atoms with Gasteiger partial charge in [0.15, 0.2) is 11.5 Å². The fourth-order valence-corrected chi connectivity index (χ4v) is 4.16. The summed E-state index contributed by atoms with van der Waals surface area (Å²) in [5.74, 6) is 2.17. The summed E-state index contributed by atoms with van der Waals surface area (Å²) in [6.07, 6.45) is 4.24. The number of carbonyl (C=O) groups excluding carboxylic acids is 1. The Labute approximate surface area is 143 Å². The Kier molecular flexibility index (Phi) is 4.85. The van der Waals surface area contributed by atoms with Crippen molar-refractivity contribution in [2.75, 3.05) is 21.3 Å². The molecule has 1 saturated carbocycles. The summed E-state index contributed by atoms with van der Waals surface area (Å²) in [5.41, 5.74) is 6.65. The Bertz CT molecular complexity index is 607. The van der Waals surface area contributed by atoms with Gasteiger partial charge in [-0.2, -0.15) is 0 Å². The van der Waals surface area contributed by atoms with E-state index >= 15 is 0 Å². The number of hydrogen-bond acceptors (Lipinski definition) is 4. The molecule has 4 unspecified atom stereocenters. The standard InChI is InChI=1S/C18H27N3O3/c1-21(18(19)22)13-6-4-11-8-14(20-15(11)10-13)12-5-7-16(23-2)17(9-12)24-3/h5,7,9,11,13-15,20H,4,6,8,10H2,1-3H3,(H2,19,22). The van der Waals surface area contributed by atoms with Crippen LogP contribution in [0.5, 0.6) is 11.5 Å². The van der Waals surface area contributed by atoms with Gasteiger partial charge in [0.1, 0.15) is 0 Å². The molecule has 2 amide bonds. The van der Waals surface area contributed by atoms with E-state index in [9.17, 15) is 4.79 Å². The third-order valence-corrected chi connectivity index (χ3v) is 5.62. The van der Waals surface area contributed by atoms with Gasteiger partial charge in [-0.15, -0.1) is 0 Å². The minimum absolute atomic E-state index is 0.236. The number of nitrogens with zero attached hydrogens (tertiary/aromatic N) is 1. The number of urea groups is 1. The zero-order valence-corrected chi connectivity index (χ0v) is 14.6. The molecule has 1 aliphatic carbocycles. The van der Waals surface area contributed by atoms with E-state index in [1.54, 1.807) is 26.2 Å². The van der Waals surface area contributed by atoms with Crippen molar-refractivity contribution in [1.82, 2.24) is 10.2 Å². The molecule has 1 aromatic carbocycles. The largest absolute Gasteiger partial charge is 0.493 e. The molecule has 2 fully saturated rings. The molecule has 2 aliphatic rings. The molecule has 24 heavy (non-hydrogen) atoms. The highest BCUT2D eigenvalue weighted by Gasteiger charge is 2.40. The number of rotatable bonds is 4. The van der Waals surface area contributed by atoms with E-state index in [4.69, 9.17) is 15.2 Å². The summed E-state index contributed by atoms with van der Waals surface area (Å²) in [5, 5.41) is 3.75. The molecular weight excluding hydrogens is 306 g/mol. The van der Waals surface area contributed by atoms with Crippen LogP contribution >= 0.6 is 0 Å². The number of ether oxygens (including phenoxy) is 2. The predicted octanol–water partition coefficient (Wildman–Crippen LogP) is 2.29. The van der Waals surface area contributed by atoms with E-state index in [0.29, 0.717) is 18.0 Å². The normalized spacial score (nSPS) is 29.0. The highest BCUT2D eigenvalue weighted by molar-refractivity contribution is 5.72. The molecular formula is C18H27N3O3. The van der Waals surface area contributed by atoms with Gasteiger partial charge >= 0.3 is 6.03 Å². The lowest BCUT2D eigenvalue weighted by Gasteiger charge is -2.36. The number of nitrogens with one attached hydrogen (secondary N) is 1. The molecule has 0 bridgehead atoms. The highest BCUT2D eigenvalue weighted by atomic mass is 16.5. The average Bonchev–Trinajstić information content (AvgIpc) is 3.03. The SMILES string of the molecule is COc1ccc(C2CC3CCC(N(C)C(N)=O)CC3N2)cc1OC. The minimum atomic E-state index is -0.340. The molecule has 6 heteroatoms. The lowest BCUT2D eigenvalue weighted by molar-refractivity contribution is 0.160. The summed E-state index contributed by atoms with van der Waals surface area (Å²) in [6, 6.07) is 6.76. The highest BCUT2D eigenvalue weighted by Crippen LogP contribution is 2.41. The van der Waals surface area contributed by atoms with Crippen LogP contribution in [-0.2, 0) is 0 Å². The van der Waals surface area contributed by atoms with Crippen molar-refractivity contribution >= 4 is 6.03 Å². The zero-order chi connectivity index (χ0) is 17.3. The topological polar surface area (TPSA) is 76.8 Å². The van der Waals surface area contributed by atoms with Crippen molar-refractivity contribution < 1.29 is 14.3 Å². The fourth-order valence-electron chi connectivity index (χ4n) is 4.16. The molecule has 3 rings (SSSR count). The lowest BCUT2D eigenvalue weighted by Crippen LogP contribution is -2.47. The van der Waals surface area contributed by atoms with E-state index < -0.39 is 0 Å². The van der Waals surface area contributed by atoms with E-state index in [-0.39, 0.29) is 12.1 Å². The maximum atomic E-state index is 11.4. The van der Waals surface area contributed by atoms with E-state index in [2.05, 4.69) is 17.4 Å². The first kappa shape index (κ1) is 16.9. The Hall–Kier alpha value is -1.95. The summed E-state index contributed by atoms with van der Waals surface area (Å²) in [7, 11) is 5.11. The number of amides is 2. The third kappa shape index (κ3) is 3.15. The molecule has 0 radical (unpaired) electrons. The number of nitrogens with two attached hydrogens (primary N) is 1. The van der Waals surface area contributed by atoms with Gasteiger partial charge in [-0.05, 0) is 49.3 Å². The van der Waals surface area contributed by atoms with Crippen LogP contribution in [0, 0.1) is 5.92 Å². The Morgan fingerprint density at radius 1 is 1.21 bits per heavy atom. The van der Waals surface area contributed by atoms with Crippen molar-refractivity contribution in [2.45, 2.75) is 43.8 Å². The second kappa shape index (κ2) is 6.89. The molecule has 4 atom stereocenters. The monoisotopic (exact) mass is 333 g/mol. The van der Waals surface area contributed by atoms with Crippen LogP contribution in [0.4, 0.5) is 4.79 Å². The Morgan fingerprint density at radius 3 is 2.62 bits per heavy atom. The van der Waals surface area contributed by atoms with Crippen molar-refractivity contribution in [3.8, 4) is 11.5 Å². The third-order valence-electron chi connectivity index (χ3n) is 5.62. The molecule has 6 nitrogen and oxygen atoms in total. The molecule has 1 aromatic rings. The Morgan fingerprint density at radius 2 is 1.96 bits per heavy atom. The molecule has 0 spiro atoms. The van der Waals surface area contributed by atoms with Gasteiger partial charge in [0.25, 0.3) is 0 Å². The van der Waals surface area contributed by atoms with Gasteiger partial charge in [0.2, 0.25) is 0 Å².